The number of fused-ring (bicyclic) bond motifs is 5. The summed E-state index contributed by atoms with van der Waals surface area (Å²) in [6.07, 6.45) is 16.1. The van der Waals surface area contributed by atoms with Gasteiger partial charge in [0.2, 0.25) is 0 Å². The third-order valence-corrected chi connectivity index (χ3v) is 7.92. The average Bonchev–Trinajstić information content (AvgIpc) is 2.83. The van der Waals surface area contributed by atoms with Crippen molar-refractivity contribution in [2.75, 3.05) is 0 Å². The molecule has 0 heterocycles. The summed E-state index contributed by atoms with van der Waals surface area (Å²) in [6.45, 7) is 6.45. The lowest BCUT2D eigenvalue weighted by Gasteiger charge is -2.59. The Hall–Kier alpha value is -1.05. The van der Waals surface area contributed by atoms with Gasteiger partial charge in [-0.05, 0) is 80.1 Å². The van der Waals surface area contributed by atoms with Gasteiger partial charge in [-0.2, -0.15) is 0 Å². The standard InChI is InChI=1S/C21H30O2/c1-14(22)23-19-10-9-17-16-8-7-15-6-4-5-12-20(15,2)18(16)11-13-21(17,19)3/h4,6,10,15-18H,5,7-9,11-13H2,1-3H3/t15-,16+,17+,18+,20+,21+/m1/s1. The molecule has 4 aliphatic rings. The minimum Gasteiger partial charge on any atom is -0.431 e. The molecule has 0 radical (unpaired) electrons. The van der Waals surface area contributed by atoms with Gasteiger partial charge in [-0.15, -0.1) is 0 Å². The van der Waals surface area contributed by atoms with E-state index in [0.717, 1.165) is 29.9 Å². The number of hydrogen-bond acceptors (Lipinski definition) is 2. The second kappa shape index (κ2) is 5.22. The lowest BCUT2D eigenvalue weighted by atomic mass is 9.46. The van der Waals surface area contributed by atoms with E-state index in [1.54, 1.807) is 0 Å². The molecule has 2 heteroatoms. The molecule has 23 heavy (non-hydrogen) atoms. The molecule has 0 N–H and O–H groups in total. The molecule has 2 nitrogen and oxygen atoms in total. The molecule has 0 spiro atoms. The molecule has 2 fully saturated rings. The summed E-state index contributed by atoms with van der Waals surface area (Å²) in [5, 5.41) is 0. The number of carbonyl (C=O) groups excluding carboxylic acids is 1. The number of hydrogen-bond donors (Lipinski definition) is 0. The predicted octanol–water partition coefficient (Wildman–Crippen LogP) is 5.25. The molecule has 0 aromatic rings. The molecule has 0 unspecified atom stereocenters. The predicted molar refractivity (Wildman–Crippen MR) is 91.5 cm³/mol. The Labute approximate surface area is 140 Å². The third kappa shape index (κ3) is 2.16. The first kappa shape index (κ1) is 15.5. The van der Waals surface area contributed by atoms with Gasteiger partial charge in [0, 0.05) is 12.3 Å². The maximum Gasteiger partial charge on any atom is 0.307 e. The van der Waals surface area contributed by atoms with Crippen molar-refractivity contribution in [2.45, 2.75) is 65.7 Å². The Kier molecular flexibility index (Phi) is 3.52. The third-order valence-electron chi connectivity index (χ3n) is 7.92. The molecule has 0 saturated heterocycles. The zero-order valence-corrected chi connectivity index (χ0v) is 14.8. The van der Waals surface area contributed by atoms with Gasteiger partial charge < -0.3 is 4.74 Å². The van der Waals surface area contributed by atoms with E-state index < -0.39 is 0 Å². The highest BCUT2D eigenvalue weighted by Gasteiger charge is 2.58. The van der Waals surface area contributed by atoms with E-state index in [1.165, 1.54) is 45.4 Å². The van der Waals surface area contributed by atoms with Crippen molar-refractivity contribution in [1.82, 2.24) is 0 Å². The van der Waals surface area contributed by atoms with Crippen molar-refractivity contribution in [3.63, 3.8) is 0 Å². The maximum atomic E-state index is 11.5. The molecule has 6 atom stereocenters. The van der Waals surface area contributed by atoms with E-state index >= 15 is 0 Å². The molecule has 0 aromatic heterocycles. The Balaban J connectivity index is 1.61. The van der Waals surface area contributed by atoms with Crippen molar-refractivity contribution in [1.29, 1.82) is 0 Å². The quantitative estimate of drug-likeness (QED) is 0.488. The van der Waals surface area contributed by atoms with Crippen LogP contribution in [0.4, 0.5) is 0 Å². The van der Waals surface area contributed by atoms with Crippen LogP contribution < -0.4 is 0 Å². The highest BCUT2D eigenvalue weighted by atomic mass is 16.5. The topological polar surface area (TPSA) is 26.3 Å². The molecule has 0 aromatic carbocycles. The van der Waals surface area contributed by atoms with Gasteiger partial charge in [0.05, 0.1) is 0 Å². The minimum atomic E-state index is -0.159. The summed E-state index contributed by atoms with van der Waals surface area (Å²) < 4.78 is 5.61. The van der Waals surface area contributed by atoms with Crippen LogP contribution in [0.3, 0.4) is 0 Å². The first-order valence-corrected chi connectivity index (χ1v) is 9.51. The maximum absolute atomic E-state index is 11.5. The van der Waals surface area contributed by atoms with E-state index in [2.05, 4.69) is 32.1 Å². The fourth-order valence-corrected chi connectivity index (χ4v) is 6.67. The number of allylic oxidation sites excluding steroid dienone is 4. The van der Waals surface area contributed by atoms with Gasteiger partial charge in [0.25, 0.3) is 0 Å². The number of carbonyl (C=O) groups is 1. The fraction of sp³-hybridized carbons (Fsp3) is 0.762. The van der Waals surface area contributed by atoms with Crippen LogP contribution in [0.1, 0.15) is 65.7 Å². The smallest absolute Gasteiger partial charge is 0.307 e. The summed E-state index contributed by atoms with van der Waals surface area (Å²) in [5.41, 5.74) is 0.601. The summed E-state index contributed by atoms with van der Waals surface area (Å²) >= 11 is 0. The molecule has 0 amide bonds. The van der Waals surface area contributed by atoms with Crippen LogP contribution >= 0.6 is 0 Å². The number of esters is 1. The van der Waals surface area contributed by atoms with Gasteiger partial charge in [0.15, 0.2) is 0 Å². The normalized spacial score (nSPS) is 48.0. The zero-order valence-electron chi connectivity index (χ0n) is 14.8. The highest BCUT2D eigenvalue weighted by Crippen LogP contribution is 2.65. The van der Waals surface area contributed by atoms with Gasteiger partial charge in [-0.3, -0.25) is 4.79 Å². The first-order chi connectivity index (χ1) is 10.9. The summed E-state index contributed by atoms with van der Waals surface area (Å²) in [4.78, 5) is 11.5. The molecule has 0 aliphatic heterocycles. The van der Waals surface area contributed by atoms with E-state index in [1.807, 2.05) is 0 Å². The molecular formula is C21H30O2. The fourth-order valence-electron chi connectivity index (χ4n) is 6.67. The molecule has 0 bridgehead atoms. The zero-order chi connectivity index (χ0) is 16.2. The largest absolute Gasteiger partial charge is 0.431 e. The van der Waals surface area contributed by atoms with Crippen molar-refractivity contribution < 1.29 is 9.53 Å². The lowest BCUT2D eigenvalue weighted by molar-refractivity contribution is -0.141. The van der Waals surface area contributed by atoms with E-state index in [0.29, 0.717) is 11.3 Å². The summed E-state index contributed by atoms with van der Waals surface area (Å²) in [7, 11) is 0. The van der Waals surface area contributed by atoms with Crippen molar-refractivity contribution in [3.05, 3.63) is 24.0 Å². The molecule has 4 rings (SSSR count). The minimum absolute atomic E-state index is 0.0978. The average molecular weight is 314 g/mol. The Morgan fingerprint density at radius 1 is 1.17 bits per heavy atom. The Bertz CT molecular complexity index is 574. The second-order valence-corrected chi connectivity index (χ2v) is 8.89. The molecule has 126 valence electrons. The SMILES string of the molecule is CC(=O)OC1=CC[C@H]2[C@@H]3CC[C@H]4C=CCC[C@]4(C)[C@H]3CC[C@]12C. The van der Waals surface area contributed by atoms with Crippen molar-refractivity contribution in [3.8, 4) is 0 Å². The van der Waals surface area contributed by atoms with E-state index in [-0.39, 0.29) is 11.4 Å². The highest BCUT2D eigenvalue weighted by molar-refractivity contribution is 5.67. The van der Waals surface area contributed by atoms with Crippen LogP contribution in [0, 0.1) is 34.5 Å². The van der Waals surface area contributed by atoms with E-state index in [9.17, 15) is 4.79 Å². The summed E-state index contributed by atoms with van der Waals surface area (Å²) in [5.74, 6) is 3.96. The van der Waals surface area contributed by atoms with Crippen LogP contribution in [0.5, 0.6) is 0 Å². The summed E-state index contributed by atoms with van der Waals surface area (Å²) in [6, 6.07) is 0. The Morgan fingerprint density at radius 3 is 2.78 bits per heavy atom. The van der Waals surface area contributed by atoms with Gasteiger partial charge in [-0.25, -0.2) is 0 Å². The van der Waals surface area contributed by atoms with Crippen LogP contribution in [-0.2, 0) is 9.53 Å². The van der Waals surface area contributed by atoms with Crippen LogP contribution in [0.15, 0.2) is 24.0 Å². The number of ether oxygens (including phenoxy) is 1. The van der Waals surface area contributed by atoms with Crippen LogP contribution in [-0.4, -0.2) is 5.97 Å². The second-order valence-electron chi connectivity index (χ2n) is 8.89. The number of rotatable bonds is 1. The van der Waals surface area contributed by atoms with Crippen LogP contribution in [0.2, 0.25) is 0 Å². The van der Waals surface area contributed by atoms with E-state index in [4.69, 9.17) is 4.74 Å². The van der Waals surface area contributed by atoms with Gasteiger partial charge in [0.1, 0.15) is 5.76 Å². The van der Waals surface area contributed by atoms with Gasteiger partial charge in [-0.1, -0.05) is 26.0 Å². The molecular weight excluding hydrogens is 284 g/mol. The monoisotopic (exact) mass is 314 g/mol. The molecule has 4 aliphatic carbocycles. The van der Waals surface area contributed by atoms with Crippen LogP contribution in [0.25, 0.3) is 0 Å². The van der Waals surface area contributed by atoms with Crippen molar-refractivity contribution in [2.24, 2.45) is 34.5 Å². The first-order valence-electron chi connectivity index (χ1n) is 9.51. The Morgan fingerprint density at radius 2 is 2.00 bits per heavy atom. The molecule has 2 saturated carbocycles. The lowest BCUT2D eigenvalue weighted by Crippen LogP contribution is -2.51. The van der Waals surface area contributed by atoms with Crippen molar-refractivity contribution >= 4 is 5.97 Å². The van der Waals surface area contributed by atoms with Gasteiger partial charge >= 0.3 is 5.97 Å².